The molecule has 0 aliphatic rings. The van der Waals surface area contributed by atoms with Crippen LogP contribution in [-0.2, 0) is 0 Å². The maximum absolute atomic E-state index is 11.6. The molecule has 6 heteroatoms. The van der Waals surface area contributed by atoms with Crippen LogP contribution in [0.25, 0.3) is 0 Å². The number of nitrogens with one attached hydrogen (secondary N) is 2. The minimum absolute atomic E-state index is 0.0837. The van der Waals surface area contributed by atoms with Gasteiger partial charge >= 0.3 is 0 Å². The number of para-hydroxylation sites is 1. The Morgan fingerprint density at radius 2 is 2.18 bits per heavy atom. The van der Waals surface area contributed by atoms with Crippen LogP contribution >= 0.6 is 0 Å². The quantitative estimate of drug-likeness (QED) is 0.603. The van der Waals surface area contributed by atoms with Crippen LogP contribution in [0.2, 0.25) is 0 Å². The van der Waals surface area contributed by atoms with E-state index in [4.69, 9.17) is 0 Å². The minimum atomic E-state index is -0.496. The summed E-state index contributed by atoms with van der Waals surface area (Å²) in [6, 6.07) is 4.44. The summed E-state index contributed by atoms with van der Waals surface area (Å²) in [5.41, 5.74) is 0.480. The number of nitro groups is 1. The number of rotatable bonds is 5. The molecule has 1 rings (SSSR count). The summed E-state index contributed by atoms with van der Waals surface area (Å²) in [4.78, 5) is 22.0. The van der Waals surface area contributed by atoms with E-state index in [0.717, 1.165) is 6.42 Å². The summed E-state index contributed by atoms with van der Waals surface area (Å²) in [6.07, 6.45) is 0.819. The Bertz CT molecular complexity index is 432. The second kappa shape index (κ2) is 5.83. The van der Waals surface area contributed by atoms with Gasteiger partial charge < -0.3 is 10.6 Å². The molecular formula is C11H15N3O3. The highest BCUT2D eigenvalue weighted by Crippen LogP contribution is 2.28. The second-order valence-corrected chi connectivity index (χ2v) is 3.46. The van der Waals surface area contributed by atoms with Crippen molar-refractivity contribution >= 4 is 17.3 Å². The molecule has 1 aromatic rings. The van der Waals surface area contributed by atoms with Gasteiger partial charge in [-0.15, -0.1) is 0 Å². The first kappa shape index (κ1) is 13.0. The van der Waals surface area contributed by atoms with E-state index in [9.17, 15) is 14.9 Å². The van der Waals surface area contributed by atoms with Crippen molar-refractivity contribution in [3.63, 3.8) is 0 Å². The molecule has 17 heavy (non-hydrogen) atoms. The van der Waals surface area contributed by atoms with Crippen LogP contribution in [0.1, 0.15) is 23.7 Å². The van der Waals surface area contributed by atoms with Crippen molar-refractivity contribution in [1.82, 2.24) is 5.32 Å². The third kappa shape index (κ3) is 2.93. The van der Waals surface area contributed by atoms with Crippen molar-refractivity contribution < 1.29 is 9.72 Å². The zero-order valence-corrected chi connectivity index (χ0v) is 9.82. The Hall–Kier alpha value is -2.11. The molecule has 0 heterocycles. The van der Waals surface area contributed by atoms with Crippen LogP contribution in [-0.4, -0.2) is 24.4 Å². The number of nitro benzene ring substituents is 1. The van der Waals surface area contributed by atoms with E-state index in [1.807, 2.05) is 6.92 Å². The number of carbonyl (C=O) groups excluding carboxylic acids is 1. The maximum Gasteiger partial charge on any atom is 0.293 e. The van der Waals surface area contributed by atoms with Crippen LogP contribution in [0, 0.1) is 10.1 Å². The van der Waals surface area contributed by atoms with Crippen molar-refractivity contribution in [3.8, 4) is 0 Å². The van der Waals surface area contributed by atoms with Gasteiger partial charge in [-0.3, -0.25) is 14.9 Å². The molecule has 0 spiro atoms. The fourth-order valence-corrected chi connectivity index (χ4v) is 1.45. The van der Waals surface area contributed by atoms with E-state index < -0.39 is 4.92 Å². The van der Waals surface area contributed by atoms with Crippen LogP contribution in [0.5, 0.6) is 0 Å². The van der Waals surface area contributed by atoms with Gasteiger partial charge in [-0.1, -0.05) is 13.0 Å². The Balaban J connectivity index is 3.23. The summed E-state index contributed by atoms with van der Waals surface area (Å²) in [7, 11) is 1.49. The topological polar surface area (TPSA) is 84.3 Å². The zero-order valence-electron chi connectivity index (χ0n) is 9.82. The van der Waals surface area contributed by atoms with Gasteiger partial charge in [0.15, 0.2) is 0 Å². The van der Waals surface area contributed by atoms with Gasteiger partial charge in [0.25, 0.3) is 11.6 Å². The maximum atomic E-state index is 11.6. The standard InChI is InChI=1S/C11H15N3O3/c1-3-7-13-10-8(11(15)12-2)5-4-6-9(10)14(16)17/h4-6,13H,3,7H2,1-2H3,(H,12,15). The second-order valence-electron chi connectivity index (χ2n) is 3.46. The Morgan fingerprint density at radius 3 is 2.71 bits per heavy atom. The molecule has 0 radical (unpaired) electrons. The number of nitrogens with zero attached hydrogens (tertiary/aromatic N) is 1. The summed E-state index contributed by atoms with van der Waals surface area (Å²) >= 11 is 0. The molecule has 0 fully saturated rings. The first-order valence-corrected chi connectivity index (χ1v) is 5.35. The molecule has 1 amide bonds. The van der Waals surface area contributed by atoms with Crippen molar-refractivity contribution in [3.05, 3.63) is 33.9 Å². The average molecular weight is 237 g/mol. The van der Waals surface area contributed by atoms with Gasteiger partial charge in [0.05, 0.1) is 10.5 Å². The normalized spacial score (nSPS) is 9.76. The lowest BCUT2D eigenvalue weighted by Crippen LogP contribution is -2.20. The number of amides is 1. The lowest BCUT2D eigenvalue weighted by atomic mass is 10.1. The summed E-state index contributed by atoms with van der Waals surface area (Å²) in [6.45, 7) is 2.52. The number of carbonyl (C=O) groups is 1. The monoisotopic (exact) mass is 237 g/mol. The number of hydrogen-bond acceptors (Lipinski definition) is 4. The van der Waals surface area contributed by atoms with Crippen molar-refractivity contribution in [2.45, 2.75) is 13.3 Å². The van der Waals surface area contributed by atoms with E-state index in [1.54, 1.807) is 6.07 Å². The van der Waals surface area contributed by atoms with Crippen LogP contribution in [0.15, 0.2) is 18.2 Å². The first-order valence-electron chi connectivity index (χ1n) is 5.35. The Morgan fingerprint density at radius 1 is 1.47 bits per heavy atom. The molecule has 6 nitrogen and oxygen atoms in total. The molecule has 0 aliphatic carbocycles. The molecule has 2 N–H and O–H groups in total. The van der Waals surface area contributed by atoms with Gasteiger partial charge in [0.2, 0.25) is 0 Å². The number of benzene rings is 1. The highest BCUT2D eigenvalue weighted by atomic mass is 16.6. The largest absolute Gasteiger partial charge is 0.379 e. The molecule has 1 aromatic carbocycles. The van der Waals surface area contributed by atoms with Crippen LogP contribution in [0.3, 0.4) is 0 Å². The smallest absolute Gasteiger partial charge is 0.293 e. The molecule has 0 aliphatic heterocycles. The van der Waals surface area contributed by atoms with E-state index in [0.29, 0.717) is 6.54 Å². The predicted molar refractivity (Wildman–Crippen MR) is 65.3 cm³/mol. The average Bonchev–Trinajstić information content (AvgIpc) is 2.34. The van der Waals surface area contributed by atoms with Gasteiger partial charge in [0, 0.05) is 19.7 Å². The van der Waals surface area contributed by atoms with Crippen molar-refractivity contribution in [2.24, 2.45) is 0 Å². The molecule has 0 aromatic heterocycles. The van der Waals surface area contributed by atoms with Crippen LogP contribution < -0.4 is 10.6 Å². The van der Waals surface area contributed by atoms with E-state index in [-0.39, 0.29) is 22.8 Å². The van der Waals surface area contributed by atoms with Gasteiger partial charge in [0.1, 0.15) is 5.69 Å². The molecular weight excluding hydrogens is 222 g/mol. The third-order valence-electron chi connectivity index (χ3n) is 2.26. The van der Waals surface area contributed by atoms with Gasteiger partial charge in [-0.25, -0.2) is 0 Å². The van der Waals surface area contributed by atoms with E-state index >= 15 is 0 Å². The highest BCUT2D eigenvalue weighted by molar-refractivity contribution is 6.01. The molecule has 0 unspecified atom stereocenters. The summed E-state index contributed by atoms with van der Waals surface area (Å²) in [5, 5.41) is 16.3. The van der Waals surface area contributed by atoms with Crippen LogP contribution in [0.4, 0.5) is 11.4 Å². The number of hydrogen-bond donors (Lipinski definition) is 2. The summed E-state index contributed by atoms with van der Waals surface area (Å²) < 4.78 is 0. The molecule has 0 saturated carbocycles. The first-order chi connectivity index (χ1) is 8.11. The Labute approximate surface area is 99.2 Å². The van der Waals surface area contributed by atoms with Crippen molar-refractivity contribution in [2.75, 3.05) is 18.9 Å². The lowest BCUT2D eigenvalue weighted by Gasteiger charge is -2.10. The minimum Gasteiger partial charge on any atom is -0.379 e. The number of anilines is 1. The predicted octanol–water partition coefficient (Wildman–Crippen LogP) is 1.78. The van der Waals surface area contributed by atoms with Gasteiger partial charge in [-0.05, 0) is 12.5 Å². The SMILES string of the molecule is CCCNc1c(C(=O)NC)cccc1[N+](=O)[O-]. The van der Waals surface area contributed by atoms with Gasteiger partial charge in [-0.2, -0.15) is 0 Å². The summed E-state index contributed by atoms with van der Waals surface area (Å²) in [5.74, 6) is -0.340. The fraction of sp³-hybridized carbons (Fsp3) is 0.364. The van der Waals surface area contributed by atoms with E-state index in [1.165, 1.54) is 19.2 Å². The third-order valence-corrected chi connectivity index (χ3v) is 2.26. The Kier molecular flexibility index (Phi) is 4.45. The highest BCUT2D eigenvalue weighted by Gasteiger charge is 2.20. The zero-order chi connectivity index (χ0) is 12.8. The molecule has 0 saturated heterocycles. The molecule has 0 atom stereocenters. The molecule has 0 bridgehead atoms. The molecule has 92 valence electrons. The van der Waals surface area contributed by atoms with Crippen molar-refractivity contribution in [1.29, 1.82) is 0 Å². The van der Waals surface area contributed by atoms with E-state index in [2.05, 4.69) is 10.6 Å². The fourth-order valence-electron chi connectivity index (χ4n) is 1.45. The lowest BCUT2D eigenvalue weighted by molar-refractivity contribution is -0.384.